The molecule has 0 aliphatic carbocycles. The van der Waals surface area contributed by atoms with Gasteiger partial charge in [0.2, 0.25) is 0 Å². The predicted octanol–water partition coefficient (Wildman–Crippen LogP) is 2.49. The lowest BCUT2D eigenvalue weighted by Gasteiger charge is -2.14. The number of rotatable bonds is 3. The fourth-order valence-corrected chi connectivity index (χ4v) is 3.01. The molecule has 6 heteroatoms. The highest BCUT2D eigenvalue weighted by Gasteiger charge is 2.31. The summed E-state index contributed by atoms with van der Waals surface area (Å²) < 4.78 is 12.4. The van der Waals surface area contributed by atoms with Crippen LogP contribution in [0.2, 0.25) is 0 Å². The standard InChI is InChI=1S/C12H13Br2NO3/c1-17-12(16)10-5-8(6-15-10)18-11-3-2-7(13)4-9(11)14/h2-4,8,10,15H,5-6H2,1H3/t8-,10+/m1/s1. The molecule has 18 heavy (non-hydrogen) atoms. The Labute approximate surface area is 122 Å². The van der Waals surface area contributed by atoms with Gasteiger partial charge >= 0.3 is 5.97 Å². The van der Waals surface area contributed by atoms with E-state index in [4.69, 9.17) is 9.47 Å². The van der Waals surface area contributed by atoms with Gasteiger partial charge in [-0.15, -0.1) is 0 Å². The number of hydrogen-bond acceptors (Lipinski definition) is 4. The Hall–Kier alpha value is -0.590. The van der Waals surface area contributed by atoms with Gasteiger partial charge in [-0.05, 0) is 34.1 Å². The molecular formula is C12H13Br2NO3. The van der Waals surface area contributed by atoms with E-state index in [1.165, 1.54) is 7.11 Å². The van der Waals surface area contributed by atoms with Crippen molar-refractivity contribution in [2.45, 2.75) is 18.6 Å². The van der Waals surface area contributed by atoms with Crippen molar-refractivity contribution in [3.8, 4) is 5.75 Å². The van der Waals surface area contributed by atoms with Crippen LogP contribution in [0.25, 0.3) is 0 Å². The molecule has 0 saturated carbocycles. The van der Waals surface area contributed by atoms with Crippen LogP contribution in [0.15, 0.2) is 27.1 Å². The molecule has 0 bridgehead atoms. The smallest absolute Gasteiger partial charge is 0.323 e. The summed E-state index contributed by atoms with van der Waals surface area (Å²) >= 11 is 6.83. The number of halogens is 2. The van der Waals surface area contributed by atoms with E-state index in [2.05, 4.69) is 37.2 Å². The molecule has 1 aromatic carbocycles. The van der Waals surface area contributed by atoms with Gasteiger partial charge in [-0.1, -0.05) is 15.9 Å². The lowest BCUT2D eigenvalue weighted by Crippen LogP contribution is -2.31. The second-order valence-electron chi connectivity index (χ2n) is 4.03. The van der Waals surface area contributed by atoms with E-state index in [0.29, 0.717) is 13.0 Å². The lowest BCUT2D eigenvalue weighted by atomic mass is 10.2. The maximum atomic E-state index is 11.4. The molecule has 0 unspecified atom stereocenters. The Morgan fingerprint density at radius 1 is 1.44 bits per heavy atom. The van der Waals surface area contributed by atoms with E-state index in [-0.39, 0.29) is 18.1 Å². The Balaban J connectivity index is 1.97. The fraction of sp³-hybridized carbons (Fsp3) is 0.417. The highest BCUT2D eigenvalue weighted by Crippen LogP contribution is 2.30. The minimum absolute atomic E-state index is 0.0217. The Morgan fingerprint density at radius 2 is 2.22 bits per heavy atom. The average Bonchev–Trinajstić information content (AvgIpc) is 2.80. The second kappa shape index (κ2) is 6.04. The minimum Gasteiger partial charge on any atom is -0.488 e. The van der Waals surface area contributed by atoms with E-state index in [1.807, 2.05) is 18.2 Å². The Bertz CT molecular complexity index is 453. The molecule has 0 aromatic heterocycles. The number of benzene rings is 1. The van der Waals surface area contributed by atoms with E-state index in [0.717, 1.165) is 14.7 Å². The molecule has 0 amide bonds. The van der Waals surface area contributed by atoms with Crippen molar-refractivity contribution in [1.82, 2.24) is 5.32 Å². The first kappa shape index (κ1) is 13.8. The molecule has 2 rings (SSSR count). The summed E-state index contributed by atoms with van der Waals surface area (Å²) in [6, 6.07) is 5.46. The monoisotopic (exact) mass is 377 g/mol. The van der Waals surface area contributed by atoms with Crippen LogP contribution in [0.4, 0.5) is 0 Å². The normalized spacial score (nSPS) is 22.8. The summed E-state index contributed by atoms with van der Waals surface area (Å²) in [5.74, 6) is 0.534. The summed E-state index contributed by atoms with van der Waals surface area (Å²) in [7, 11) is 1.39. The molecule has 98 valence electrons. The average molecular weight is 379 g/mol. The number of hydrogen-bond donors (Lipinski definition) is 1. The van der Waals surface area contributed by atoms with Crippen molar-refractivity contribution in [2.24, 2.45) is 0 Å². The second-order valence-corrected chi connectivity index (χ2v) is 5.80. The van der Waals surface area contributed by atoms with Gasteiger partial charge in [-0.3, -0.25) is 4.79 Å². The SMILES string of the molecule is COC(=O)[C@@H]1C[C@@H](Oc2ccc(Br)cc2Br)CN1. The van der Waals surface area contributed by atoms with Gasteiger partial charge < -0.3 is 14.8 Å². The van der Waals surface area contributed by atoms with Crippen LogP contribution in [-0.2, 0) is 9.53 Å². The molecule has 1 saturated heterocycles. The molecular weight excluding hydrogens is 366 g/mol. The van der Waals surface area contributed by atoms with Crippen LogP contribution in [0.1, 0.15) is 6.42 Å². The maximum Gasteiger partial charge on any atom is 0.323 e. The van der Waals surface area contributed by atoms with Crippen LogP contribution < -0.4 is 10.1 Å². The van der Waals surface area contributed by atoms with Crippen LogP contribution >= 0.6 is 31.9 Å². The fourth-order valence-electron chi connectivity index (χ4n) is 1.87. The molecule has 0 spiro atoms. The summed E-state index contributed by atoms with van der Waals surface area (Å²) in [4.78, 5) is 11.4. The summed E-state index contributed by atoms with van der Waals surface area (Å²) in [6.07, 6.45) is 0.599. The molecule has 1 N–H and O–H groups in total. The minimum atomic E-state index is -0.269. The van der Waals surface area contributed by atoms with Gasteiger partial charge in [0.15, 0.2) is 0 Å². The van der Waals surface area contributed by atoms with Crippen molar-refractivity contribution in [2.75, 3.05) is 13.7 Å². The van der Waals surface area contributed by atoms with Crippen molar-refractivity contribution in [3.05, 3.63) is 27.1 Å². The number of nitrogens with one attached hydrogen (secondary N) is 1. The van der Waals surface area contributed by atoms with Crippen molar-refractivity contribution in [1.29, 1.82) is 0 Å². The maximum absolute atomic E-state index is 11.4. The van der Waals surface area contributed by atoms with Crippen LogP contribution in [-0.4, -0.2) is 31.8 Å². The molecule has 1 fully saturated rings. The van der Waals surface area contributed by atoms with Crippen LogP contribution in [0.5, 0.6) is 5.75 Å². The van der Waals surface area contributed by atoms with Gasteiger partial charge in [-0.2, -0.15) is 0 Å². The first-order chi connectivity index (χ1) is 8.60. The van der Waals surface area contributed by atoms with E-state index >= 15 is 0 Å². The summed E-state index contributed by atoms with van der Waals surface area (Å²) in [6.45, 7) is 0.641. The zero-order valence-electron chi connectivity index (χ0n) is 9.78. The summed E-state index contributed by atoms with van der Waals surface area (Å²) in [5.41, 5.74) is 0. The number of methoxy groups -OCH3 is 1. The molecule has 4 nitrogen and oxygen atoms in total. The van der Waals surface area contributed by atoms with E-state index < -0.39 is 0 Å². The van der Waals surface area contributed by atoms with Crippen LogP contribution in [0.3, 0.4) is 0 Å². The number of ether oxygens (including phenoxy) is 2. The van der Waals surface area contributed by atoms with Gasteiger partial charge in [0.25, 0.3) is 0 Å². The largest absolute Gasteiger partial charge is 0.488 e. The van der Waals surface area contributed by atoms with Gasteiger partial charge in [0, 0.05) is 17.4 Å². The van der Waals surface area contributed by atoms with Crippen LogP contribution in [0, 0.1) is 0 Å². The molecule has 1 heterocycles. The highest BCUT2D eigenvalue weighted by molar-refractivity contribution is 9.11. The van der Waals surface area contributed by atoms with Gasteiger partial charge in [0.1, 0.15) is 17.9 Å². The topological polar surface area (TPSA) is 47.6 Å². The molecule has 2 atom stereocenters. The number of carbonyl (C=O) groups is 1. The number of esters is 1. The molecule has 1 aliphatic heterocycles. The first-order valence-electron chi connectivity index (χ1n) is 5.53. The van der Waals surface area contributed by atoms with E-state index in [1.54, 1.807) is 0 Å². The summed E-state index contributed by atoms with van der Waals surface area (Å²) in [5, 5.41) is 3.08. The Morgan fingerprint density at radius 3 is 2.89 bits per heavy atom. The Kier molecular flexibility index (Phi) is 4.64. The van der Waals surface area contributed by atoms with Crippen molar-refractivity contribution in [3.63, 3.8) is 0 Å². The zero-order valence-corrected chi connectivity index (χ0v) is 13.0. The van der Waals surface area contributed by atoms with Gasteiger partial charge in [-0.25, -0.2) is 0 Å². The van der Waals surface area contributed by atoms with E-state index in [9.17, 15) is 4.79 Å². The number of carbonyl (C=O) groups excluding carboxylic acids is 1. The zero-order chi connectivity index (χ0) is 13.1. The van der Waals surface area contributed by atoms with Gasteiger partial charge in [0.05, 0.1) is 11.6 Å². The quantitative estimate of drug-likeness (QED) is 0.821. The third kappa shape index (κ3) is 3.24. The molecule has 1 aliphatic rings. The molecule has 1 aromatic rings. The highest BCUT2D eigenvalue weighted by atomic mass is 79.9. The first-order valence-corrected chi connectivity index (χ1v) is 7.11. The third-order valence-electron chi connectivity index (χ3n) is 2.76. The van der Waals surface area contributed by atoms with Crippen molar-refractivity contribution < 1.29 is 14.3 Å². The predicted molar refractivity (Wildman–Crippen MR) is 74.7 cm³/mol. The van der Waals surface area contributed by atoms with Crippen molar-refractivity contribution >= 4 is 37.8 Å². The lowest BCUT2D eigenvalue weighted by molar-refractivity contribution is -0.142. The molecule has 0 radical (unpaired) electrons. The third-order valence-corrected chi connectivity index (χ3v) is 3.88.